The van der Waals surface area contributed by atoms with E-state index in [1.807, 2.05) is 30.0 Å². The van der Waals surface area contributed by atoms with Crippen LogP contribution >= 0.6 is 0 Å². The standard InChI is InChI=1S/C23H22FN3O2/c1-3-23(2,29)13-12-15-7-4-11-19-16(15)8-6-14-27(19)21-20-17(24)9-5-10-18(20)25-22(28)26-21/h4-5,7,9-11,29H,3,6,8,14H2,1-2H3,(H,25,26,28). The zero-order chi connectivity index (χ0) is 20.6. The van der Waals surface area contributed by atoms with Gasteiger partial charge in [0.15, 0.2) is 5.82 Å². The Morgan fingerprint density at radius 3 is 2.90 bits per heavy atom. The van der Waals surface area contributed by atoms with Gasteiger partial charge >= 0.3 is 5.69 Å². The molecule has 1 aromatic heterocycles. The second kappa shape index (κ2) is 7.34. The molecular formula is C23H22FN3O2. The fourth-order valence-electron chi connectivity index (χ4n) is 3.60. The molecule has 0 saturated heterocycles. The molecule has 29 heavy (non-hydrogen) atoms. The Hall–Kier alpha value is -3.17. The molecule has 0 fully saturated rings. The summed E-state index contributed by atoms with van der Waals surface area (Å²) in [7, 11) is 0. The van der Waals surface area contributed by atoms with Gasteiger partial charge in [-0.15, -0.1) is 0 Å². The van der Waals surface area contributed by atoms with Crippen LogP contribution in [0, 0.1) is 17.7 Å². The van der Waals surface area contributed by atoms with Gasteiger partial charge in [-0.25, -0.2) is 9.18 Å². The van der Waals surface area contributed by atoms with Crippen LogP contribution in [-0.2, 0) is 6.42 Å². The highest BCUT2D eigenvalue weighted by Gasteiger charge is 2.24. The molecule has 148 valence electrons. The second-order valence-electron chi connectivity index (χ2n) is 7.46. The van der Waals surface area contributed by atoms with Crippen LogP contribution in [0.2, 0.25) is 0 Å². The topological polar surface area (TPSA) is 69.2 Å². The van der Waals surface area contributed by atoms with Gasteiger partial charge in [-0.2, -0.15) is 4.98 Å². The first-order chi connectivity index (χ1) is 13.9. The summed E-state index contributed by atoms with van der Waals surface area (Å²) in [4.78, 5) is 20.7. The average Bonchev–Trinajstić information content (AvgIpc) is 2.71. The highest BCUT2D eigenvalue weighted by molar-refractivity contribution is 5.92. The third-order valence-corrected chi connectivity index (χ3v) is 5.35. The minimum absolute atomic E-state index is 0.297. The Morgan fingerprint density at radius 2 is 2.10 bits per heavy atom. The van der Waals surface area contributed by atoms with Gasteiger partial charge < -0.3 is 15.0 Å². The molecule has 3 aromatic rings. The number of halogens is 1. The van der Waals surface area contributed by atoms with Crippen molar-refractivity contribution in [2.75, 3.05) is 11.4 Å². The summed E-state index contributed by atoms with van der Waals surface area (Å²) < 4.78 is 14.6. The molecule has 1 aliphatic heterocycles. The third-order valence-electron chi connectivity index (χ3n) is 5.35. The van der Waals surface area contributed by atoms with E-state index < -0.39 is 17.1 Å². The van der Waals surface area contributed by atoms with E-state index in [9.17, 15) is 14.3 Å². The molecule has 0 aliphatic carbocycles. The lowest BCUT2D eigenvalue weighted by molar-refractivity contribution is 0.118. The molecule has 1 atom stereocenters. The van der Waals surface area contributed by atoms with Gasteiger partial charge in [0.25, 0.3) is 0 Å². The lowest BCUT2D eigenvalue weighted by atomic mass is 9.95. The van der Waals surface area contributed by atoms with Crippen molar-refractivity contribution in [3.63, 3.8) is 0 Å². The van der Waals surface area contributed by atoms with Crippen molar-refractivity contribution in [2.45, 2.75) is 38.7 Å². The molecule has 2 heterocycles. The summed E-state index contributed by atoms with van der Waals surface area (Å²) in [6, 6.07) is 10.3. The number of benzene rings is 2. The zero-order valence-corrected chi connectivity index (χ0v) is 16.4. The summed E-state index contributed by atoms with van der Waals surface area (Å²) in [6.07, 6.45) is 2.16. The van der Waals surface area contributed by atoms with E-state index in [1.165, 1.54) is 6.07 Å². The number of anilines is 2. The maximum absolute atomic E-state index is 14.6. The Labute approximate surface area is 168 Å². The minimum Gasteiger partial charge on any atom is -0.378 e. The van der Waals surface area contributed by atoms with Gasteiger partial charge in [-0.1, -0.05) is 30.9 Å². The first kappa shape index (κ1) is 19.2. The van der Waals surface area contributed by atoms with Crippen molar-refractivity contribution in [1.82, 2.24) is 9.97 Å². The highest BCUT2D eigenvalue weighted by Crippen LogP contribution is 2.37. The third kappa shape index (κ3) is 3.62. The van der Waals surface area contributed by atoms with Crippen LogP contribution in [0.5, 0.6) is 0 Å². The Balaban J connectivity index is 1.89. The number of nitrogens with one attached hydrogen (secondary N) is 1. The molecule has 0 bridgehead atoms. The smallest absolute Gasteiger partial charge is 0.347 e. The van der Waals surface area contributed by atoms with Gasteiger partial charge in [-0.3, -0.25) is 0 Å². The Morgan fingerprint density at radius 1 is 1.31 bits per heavy atom. The SMILES string of the molecule is CCC(C)(O)C#Cc1cccc2c1CCCN2c1nc(=O)[nH]c2cccc(F)c12. The normalized spacial score (nSPS) is 15.4. The minimum atomic E-state index is -1.05. The molecule has 1 aliphatic rings. The van der Waals surface area contributed by atoms with Crippen molar-refractivity contribution in [3.05, 3.63) is 63.8 Å². The maximum atomic E-state index is 14.6. The fraction of sp³-hybridized carbons (Fsp3) is 0.304. The van der Waals surface area contributed by atoms with Crippen molar-refractivity contribution < 1.29 is 9.50 Å². The predicted molar refractivity (Wildman–Crippen MR) is 112 cm³/mol. The number of rotatable bonds is 2. The van der Waals surface area contributed by atoms with E-state index in [2.05, 4.69) is 21.8 Å². The number of aromatic nitrogens is 2. The lowest BCUT2D eigenvalue weighted by Gasteiger charge is -2.31. The van der Waals surface area contributed by atoms with Crippen LogP contribution in [-0.4, -0.2) is 27.2 Å². The molecule has 0 saturated carbocycles. The number of aliphatic hydroxyl groups is 1. The quantitative estimate of drug-likeness (QED) is 0.654. The molecule has 4 rings (SSSR count). The first-order valence-corrected chi connectivity index (χ1v) is 9.73. The largest absolute Gasteiger partial charge is 0.378 e. The van der Waals surface area contributed by atoms with Crippen LogP contribution in [0.3, 0.4) is 0 Å². The monoisotopic (exact) mass is 391 g/mol. The second-order valence-corrected chi connectivity index (χ2v) is 7.46. The number of nitrogens with zero attached hydrogens (tertiary/aromatic N) is 2. The number of hydrogen-bond acceptors (Lipinski definition) is 4. The molecule has 0 radical (unpaired) electrons. The van der Waals surface area contributed by atoms with Crippen molar-refractivity contribution >= 4 is 22.4 Å². The van der Waals surface area contributed by atoms with Gasteiger partial charge in [0.1, 0.15) is 11.4 Å². The van der Waals surface area contributed by atoms with E-state index in [1.54, 1.807) is 19.1 Å². The number of hydrogen-bond donors (Lipinski definition) is 2. The average molecular weight is 391 g/mol. The Kier molecular flexibility index (Phi) is 4.85. The molecular weight excluding hydrogens is 369 g/mol. The summed E-state index contributed by atoms with van der Waals surface area (Å²) in [6.45, 7) is 4.20. The molecule has 1 unspecified atom stereocenters. The van der Waals surface area contributed by atoms with Crippen molar-refractivity contribution in [2.24, 2.45) is 0 Å². The van der Waals surface area contributed by atoms with Crippen molar-refractivity contribution in [1.29, 1.82) is 0 Å². The number of H-pyrrole nitrogens is 1. The molecule has 0 amide bonds. The van der Waals surface area contributed by atoms with E-state index in [0.717, 1.165) is 29.7 Å². The predicted octanol–water partition coefficient (Wildman–Crippen LogP) is 3.66. The van der Waals surface area contributed by atoms with E-state index >= 15 is 0 Å². The van der Waals surface area contributed by atoms with Crippen LogP contribution in [0.25, 0.3) is 10.9 Å². The summed E-state index contributed by atoms with van der Waals surface area (Å²) >= 11 is 0. The van der Waals surface area contributed by atoms with Gasteiger partial charge in [0.2, 0.25) is 0 Å². The summed E-state index contributed by atoms with van der Waals surface area (Å²) in [5.41, 5.74) is 1.56. The van der Waals surface area contributed by atoms with Gasteiger partial charge in [0.05, 0.1) is 10.9 Å². The van der Waals surface area contributed by atoms with Crippen molar-refractivity contribution in [3.8, 4) is 11.8 Å². The zero-order valence-electron chi connectivity index (χ0n) is 16.4. The maximum Gasteiger partial charge on any atom is 0.347 e. The molecule has 0 spiro atoms. The first-order valence-electron chi connectivity index (χ1n) is 9.73. The van der Waals surface area contributed by atoms with E-state index in [-0.39, 0.29) is 0 Å². The Bertz CT molecular complexity index is 1200. The number of aromatic amines is 1. The lowest BCUT2D eigenvalue weighted by Crippen LogP contribution is -2.28. The highest BCUT2D eigenvalue weighted by atomic mass is 19.1. The van der Waals surface area contributed by atoms with Crippen LogP contribution in [0.1, 0.15) is 37.8 Å². The molecule has 2 N–H and O–H groups in total. The van der Waals surface area contributed by atoms with Crippen LogP contribution in [0.15, 0.2) is 41.2 Å². The van der Waals surface area contributed by atoms with Crippen LogP contribution in [0.4, 0.5) is 15.9 Å². The van der Waals surface area contributed by atoms with Gasteiger partial charge in [-0.05, 0) is 56.0 Å². The summed E-state index contributed by atoms with van der Waals surface area (Å²) in [5, 5.41) is 10.5. The van der Waals surface area contributed by atoms with Crippen LogP contribution < -0.4 is 10.6 Å². The molecule has 2 aromatic carbocycles. The fourth-order valence-corrected chi connectivity index (χ4v) is 3.60. The molecule has 6 heteroatoms. The number of fused-ring (bicyclic) bond motifs is 2. The van der Waals surface area contributed by atoms with E-state index in [4.69, 9.17) is 0 Å². The van der Waals surface area contributed by atoms with Gasteiger partial charge in [0, 0.05) is 17.8 Å². The summed E-state index contributed by atoms with van der Waals surface area (Å²) in [5.74, 6) is 5.93. The van der Waals surface area contributed by atoms with E-state index in [0.29, 0.717) is 29.7 Å². The molecule has 5 nitrogen and oxygen atoms in total.